The SMILES string of the molecule is CC(C)(C)Oc1cc(OC2CC2)c(B2OC(C)(C)C(C)(C)O2)cn1. The first kappa shape index (κ1) is 17.6. The zero-order valence-corrected chi connectivity index (χ0v) is 15.8. The van der Waals surface area contributed by atoms with Crippen molar-refractivity contribution in [2.75, 3.05) is 0 Å². The molecule has 6 heteroatoms. The fraction of sp³-hybridized carbons (Fsp3) is 0.722. The van der Waals surface area contributed by atoms with E-state index >= 15 is 0 Å². The van der Waals surface area contributed by atoms with Crippen LogP contribution in [0, 0.1) is 0 Å². The van der Waals surface area contributed by atoms with Gasteiger partial charge in [-0.3, -0.25) is 0 Å². The Balaban J connectivity index is 1.89. The van der Waals surface area contributed by atoms with Crippen molar-refractivity contribution in [1.29, 1.82) is 0 Å². The van der Waals surface area contributed by atoms with Crippen LogP contribution < -0.4 is 14.9 Å². The van der Waals surface area contributed by atoms with E-state index in [2.05, 4.69) is 4.98 Å². The van der Waals surface area contributed by atoms with Gasteiger partial charge in [0.15, 0.2) is 0 Å². The molecule has 1 aromatic rings. The molecule has 1 saturated carbocycles. The number of nitrogens with zero attached hydrogens (tertiary/aromatic N) is 1. The Hall–Kier alpha value is -1.27. The van der Waals surface area contributed by atoms with E-state index in [0.29, 0.717) is 5.88 Å². The van der Waals surface area contributed by atoms with Crippen molar-refractivity contribution in [1.82, 2.24) is 4.98 Å². The molecule has 1 saturated heterocycles. The van der Waals surface area contributed by atoms with Crippen LogP contribution >= 0.6 is 0 Å². The molecule has 3 rings (SSSR count). The summed E-state index contributed by atoms with van der Waals surface area (Å²) >= 11 is 0. The van der Waals surface area contributed by atoms with Crippen molar-refractivity contribution in [3.63, 3.8) is 0 Å². The van der Waals surface area contributed by atoms with Gasteiger partial charge < -0.3 is 18.8 Å². The lowest BCUT2D eigenvalue weighted by Crippen LogP contribution is -2.41. The van der Waals surface area contributed by atoms with Crippen molar-refractivity contribution in [3.05, 3.63) is 12.3 Å². The first-order valence-electron chi connectivity index (χ1n) is 8.68. The van der Waals surface area contributed by atoms with Crippen LogP contribution in [0.2, 0.25) is 0 Å². The summed E-state index contributed by atoms with van der Waals surface area (Å²) in [5.74, 6) is 1.30. The summed E-state index contributed by atoms with van der Waals surface area (Å²) in [6, 6.07) is 1.85. The Labute approximate surface area is 145 Å². The van der Waals surface area contributed by atoms with Gasteiger partial charge in [0.25, 0.3) is 0 Å². The highest BCUT2D eigenvalue weighted by Gasteiger charge is 2.52. The van der Waals surface area contributed by atoms with Gasteiger partial charge in [-0.25, -0.2) is 4.98 Å². The Kier molecular flexibility index (Phi) is 4.12. The molecule has 1 aliphatic heterocycles. The van der Waals surface area contributed by atoms with Gasteiger partial charge in [0.2, 0.25) is 5.88 Å². The quantitative estimate of drug-likeness (QED) is 0.793. The summed E-state index contributed by atoms with van der Waals surface area (Å²) in [5, 5.41) is 0. The summed E-state index contributed by atoms with van der Waals surface area (Å²) in [4.78, 5) is 4.43. The second-order valence-electron chi connectivity index (χ2n) is 8.68. The first-order valence-corrected chi connectivity index (χ1v) is 8.68. The van der Waals surface area contributed by atoms with Crippen LogP contribution in [0.3, 0.4) is 0 Å². The lowest BCUT2D eigenvalue weighted by Gasteiger charge is -2.32. The number of rotatable bonds is 4. The van der Waals surface area contributed by atoms with Gasteiger partial charge in [0.1, 0.15) is 11.4 Å². The molecule has 1 aliphatic carbocycles. The van der Waals surface area contributed by atoms with Crippen molar-refractivity contribution in [3.8, 4) is 11.6 Å². The average molecular weight is 333 g/mol. The van der Waals surface area contributed by atoms with E-state index < -0.39 is 18.3 Å². The van der Waals surface area contributed by atoms with Gasteiger partial charge in [-0.2, -0.15) is 0 Å². The summed E-state index contributed by atoms with van der Waals surface area (Å²) < 4.78 is 24.3. The molecule has 0 aromatic carbocycles. The van der Waals surface area contributed by atoms with Crippen molar-refractivity contribution in [2.24, 2.45) is 0 Å². The molecule has 2 heterocycles. The predicted octanol–water partition coefficient (Wildman–Crippen LogP) is 3.10. The highest BCUT2D eigenvalue weighted by Crippen LogP contribution is 2.38. The normalized spacial score (nSPS) is 22.5. The summed E-state index contributed by atoms with van der Waals surface area (Å²) in [6.45, 7) is 14.2. The number of pyridine rings is 1. The van der Waals surface area contributed by atoms with E-state index in [-0.39, 0.29) is 11.7 Å². The van der Waals surface area contributed by atoms with Gasteiger partial charge in [-0.1, -0.05) is 0 Å². The van der Waals surface area contributed by atoms with E-state index in [1.807, 2.05) is 54.5 Å². The molecular weight excluding hydrogens is 305 g/mol. The summed E-state index contributed by atoms with van der Waals surface area (Å²) in [6.07, 6.45) is 4.19. The molecule has 0 radical (unpaired) electrons. The maximum Gasteiger partial charge on any atom is 0.500 e. The summed E-state index contributed by atoms with van der Waals surface area (Å²) in [7, 11) is -0.486. The molecule has 2 aliphatic rings. The number of hydrogen-bond donors (Lipinski definition) is 0. The van der Waals surface area contributed by atoms with E-state index in [0.717, 1.165) is 24.1 Å². The van der Waals surface area contributed by atoms with Crippen molar-refractivity contribution in [2.45, 2.75) is 84.2 Å². The number of ether oxygens (including phenoxy) is 2. The van der Waals surface area contributed by atoms with Crippen LogP contribution in [0.1, 0.15) is 61.3 Å². The van der Waals surface area contributed by atoms with E-state index in [1.54, 1.807) is 6.20 Å². The Morgan fingerprint density at radius 1 is 1.12 bits per heavy atom. The minimum absolute atomic E-state index is 0.274. The molecule has 24 heavy (non-hydrogen) atoms. The molecule has 0 N–H and O–H groups in total. The largest absolute Gasteiger partial charge is 0.500 e. The van der Waals surface area contributed by atoms with Gasteiger partial charge >= 0.3 is 7.12 Å². The smallest absolute Gasteiger partial charge is 0.491 e. The van der Waals surface area contributed by atoms with Gasteiger partial charge in [-0.05, 0) is 61.3 Å². The molecular formula is C18H28BNO4. The lowest BCUT2D eigenvalue weighted by atomic mass is 9.79. The third-order valence-electron chi connectivity index (χ3n) is 4.61. The zero-order valence-electron chi connectivity index (χ0n) is 15.8. The Bertz CT molecular complexity index is 604. The topological polar surface area (TPSA) is 49.8 Å². The van der Waals surface area contributed by atoms with Gasteiger partial charge in [-0.15, -0.1) is 0 Å². The average Bonchev–Trinajstić information content (AvgIpc) is 3.15. The minimum Gasteiger partial charge on any atom is -0.491 e. The molecule has 0 unspecified atom stereocenters. The second-order valence-corrected chi connectivity index (χ2v) is 8.68. The fourth-order valence-corrected chi connectivity index (χ4v) is 2.41. The molecule has 0 amide bonds. The molecule has 2 fully saturated rings. The minimum atomic E-state index is -0.486. The van der Waals surface area contributed by atoms with Crippen LogP contribution in [0.25, 0.3) is 0 Å². The Morgan fingerprint density at radius 2 is 1.71 bits per heavy atom. The summed E-state index contributed by atoms with van der Waals surface area (Å²) in [5.41, 5.74) is -0.276. The molecule has 0 bridgehead atoms. The molecule has 0 spiro atoms. The van der Waals surface area contributed by atoms with Crippen molar-refractivity contribution < 1.29 is 18.8 Å². The standard InChI is InChI=1S/C18H28BNO4/c1-16(2,3)22-15-10-14(21-12-8-9-12)13(11-20-15)19-23-17(4,5)18(6,7)24-19/h10-12H,8-9H2,1-7H3. The number of aromatic nitrogens is 1. The van der Waals surface area contributed by atoms with Crippen molar-refractivity contribution >= 4 is 12.6 Å². The van der Waals surface area contributed by atoms with Gasteiger partial charge in [0.05, 0.1) is 17.3 Å². The maximum atomic E-state index is 6.15. The van der Waals surface area contributed by atoms with Crippen LogP contribution in [0.15, 0.2) is 12.3 Å². The molecule has 132 valence electrons. The van der Waals surface area contributed by atoms with E-state index in [4.69, 9.17) is 18.8 Å². The third-order valence-corrected chi connectivity index (χ3v) is 4.61. The number of hydrogen-bond acceptors (Lipinski definition) is 5. The van der Waals surface area contributed by atoms with E-state index in [9.17, 15) is 0 Å². The fourth-order valence-electron chi connectivity index (χ4n) is 2.41. The van der Waals surface area contributed by atoms with Crippen LogP contribution in [-0.4, -0.2) is 35.0 Å². The lowest BCUT2D eigenvalue weighted by molar-refractivity contribution is 0.00578. The monoisotopic (exact) mass is 333 g/mol. The highest BCUT2D eigenvalue weighted by atomic mass is 16.7. The molecule has 0 atom stereocenters. The Morgan fingerprint density at radius 3 is 2.21 bits per heavy atom. The maximum absolute atomic E-state index is 6.15. The highest BCUT2D eigenvalue weighted by molar-refractivity contribution is 6.63. The van der Waals surface area contributed by atoms with Crippen LogP contribution in [0.5, 0.6) is 11.6 Å². The molecule has 5 nitrogen and oxygen atoms in total. The van der Waals surface area contributed by atoms with Gasteiger partial charge in [0, 0.05) is 17.7 Å². The predicted molar refractivity (Wildman–Crippen MR) is 94.0 cm³/mol. The van der Waals surface area contributed by atoms with E-state index in [1.165, 1.54) is 0 Å². The first-order chi connectivity index (χ1) is 11.0. The molecule has 1 aromatic heterocycles. The second kappa shape index (κ2) is 5.63. The van der Waals surface area contributed by atoms with Crippen LogP contribution in [0.4, 0.5) is 0 Å². The third kappa shape index (κ3) is 3.70. The zero-order chi connectivity index (χ0) is 17.8. The van der Waals surface area contributed by atoms with Crippen LogP contribution in [-0.2, 0) is 9.31 Å².